The molecule has 7 nitrogen and oxygen atoms in total. The number of nitrogens with zero attached hydrogens (tertiary/aromatic N) is 2. The average Bonchev–Trinajstić information content (AvgIpc) is 3.38. The van der Waals surface area contributed by atoms with Crippen LogP contribution in [0.4, 0.5) is 23.7 Å². The van der Waals surface area contributed by atoms with Crippen molar-refractivity contribution >= 4 is 28.5 Å². The van der Waals surface area contributed by atoms with E-state index in [1.54, 1.807) is 11.0 Å². The minimum absolute atomic E-state index is 0.0935. The van der Waals surface area contributed by atoms with E-state index in [2.05, 4.69) is 10.3 Å². The van der Waals surface area contributed by atoms with Crippen LogP contribution in [0.3, 0.4) is 0 Å². The molecule has 3 aromatic carbocycles. The van der Waals surface area contributed by atoms with Gasteiger partial charge in [-0.2, -0.15) is 13.2 Å². The van der Waals surface area contributed by atoms with Crippen molar-refractivity contribution in [3.8, 4) is 0 Å². The Morgan fingerprint density at radius 3 is 2.36 bits per heavy atom. The lowest BCUT2D eigenvalue weighted by Gasteiger charge is -2.28. The molecule has 10 heteroatoms. The molecule has 42 heavy (non-hydrogen) atoms. The maximum atomic E-state index is 13.7. The lowest BCUT2D eigenvalue weighted by molar-refractivity contribution is -0.137. The number of aromatic amines is 1. The summed E-state index contributed by atoms with van der Waals surface area (Å²) in [6, 6.07) is 17.7. The Morgan fingerprint density at radius 1 is 0.929 bits per heavy atom. The highest BCUT2D eigenvalue weighted by atomic mass is 19.4. The lowest BCUT2D eigenvalue weighted by Crippen LogP contribution is -2.46. The first-order chi connectivity index (χ1) is 20.0. The topological polar surface area (TPSA) is 77.7 Å². The number of H-pyrrole nitrogens is 1. The zero-order valence-electron chi connectivity index (χ0n) is 23.9. The third kappa shape index (κ3) is 7.91. The number of aryl methyl sites for hydroxylation is 2. The van der Waals surface area contributed by atoms with Gasteiger partial charge in [-0.3, -0.25) is 4.79 Å². The molecule has 4 rings (SSSR count). The molecule has 0 aliphatic heterocycles. The number of anilines is 1. The lowest BCUT2D eigenvalue weighted by atomic mass is 10.1. The number of nitrogens with one attached hydrogen (secondary N) is 2. The molecule has 0 fully saturated rings. The number of aromatic nitrogens is 1. The van der Waals surface area contributed by atoms with Crippen LogP contribution in [0.25, 0.3) is 10.9 Å². The monoisotopic (exact) mass is 580 g/mol. The fourth-order valence-electron chi connectivity index (χ4n) is 4.64. The summed E-state index contributed by atoms with van der Waals surface area (Å²) in [7, 11) is 1.51. The first-order valence-electron chi connectivity index (χ1n) is 13.7. The van der Waals surface area contributed by atoms with Crippen LogP contribution in [-0.4, -0.2) is 60.1 Å². The molecular weight excluding hydrogens is 545 g/mol. The van der Waals surface area contributed by atoms with Crippen LogP contribution in [0.2, 0.25) is 0 Å². The number of para-hydroxylation sites is 1. The molecule has 0 atom stereocenters. The molecule has 0 saturated carbocycles. The van der Waals surface area contributed by atoms with Crippen molar-refractivity contribution in [2.24, 2.45) is 0 Å². The number of halogens is 3. The van der Waals surface area contributed by atoms with Crippen LogP contribution in [0.15, 0.2) is 72.9 Å². The number of fused-ring (bicyclic) bond motifs is 1. The fraction of sp³-hybridized carbons (Fsp3) is 0.312. The smallest absolute Gasteiger partial charge is 0.383 e. The number of benzene rings is 3. The standard InChI is InChI=1S/C32H35F3N4O3/c1-22-8-13-27(18-23(22)2)37-31(41)39(16-17-42-3)21-30(40)38(20-24-9-11-26(12-10-24)32(33,34)35)15-14-25-19-36-29-7-5-4-6-28(25)29/h4-13,18-19,36H,14-17,20-21H2,1-3H3,(H,37,41). The van der Waals surface area contributed by atoms with E-state index in [0.717, 1.165) is 39.7 Å². The summed E-state index contributed by atoms with van der Waals surface area (Å²) in [6.45, 7) is 4.50. The molecule has 0 bridgehead atoms. The summed E-state index contributed by atoms with van der Waals surface area (Å²) in [5.41, 5.74) is 4.51. The van der Waals surface area contributed by atoms with E-state index < -0.39 is 17.8 Å². The Hall–Kier alpha value is -4.31. The van der Waals surface area contributed by atoms with Gasteiger partial charge in [0.15, 0.2) is 0 Å². The number of methoxy groups -OCH3 is 1. The number of hydrogen-bond acceptors (Lipinski definition) is 3. The van der Waals surface area contributed by atoms with Crippen LogP contribution in [-0.2, 0) is 28.7 Å². The predicted molar refractivity (Wildman–Crippen MR) is 157 cm³/mol. The molecule has 0 spiro atoms. The van der Waals surface area contributed by atoms with Crippen LogP contribution in [0.1, 0.15) is 27.8 Å². The molecule has 3 amide bonds. The number of alkyl halides is 3. The van der Waals surface area contributed by atoms with Gasteiger partial charge in [0.05, 0.1) is 12.2 Å². The van der Waals surface area contributed by atoms with Gasteiger partial charge < -0.3 is 24.8 Å². The predicted octanol–water partition coefficient (Wildman–Crippen LogP) is 6.56. The Morgan fingerprint density at radius 2 is 1.67 bits per heavy atom. The zero-order valence-corrected chi connectivity index (χ0v) is 23.9. The minimum Gasteiger partial charge on any atom is -0.383 e. The first kappa shape index (κ1) is 30.6. The highest BCUT2D eigenvalue weighted by Crippen LogP contribution is 2.29. The van der Waals surface area contributed by atoms with Crippen LogP contribution in [0, 0.1) is 13.8 Å². The molecule has 0 aliphatic carbocycles. The number of ether oxygens (including phenoxy) is 1. The van der Waals surface area contributed by atoms with Crippen molar-refractivity contribution in [2.75, 3.05) is 38.7 Å². The van der Waals surface area contributed by atoms with Gasteiger partial charge in [0, 0.05) is 49.5 Å². The normalized spacial score (nSPS) is 11.5. The Labute approximate surface area is 243 Å². The van der Waals surface area contributed by atoms with Crippen molar-refractivity contribution in [2.45, 2.75) is 33.0 Å². The molecule has 2 N–H and O–H groups in total. The van der Waals surface area contributed by atoms with Crippen molar-refractivity contribution in [1.29, 1.82) is 0 Å². The van der Waals surface area contributed by atoms with Crippen LogP contribution >= 0.6 is 0 Å². The second-order valence-electron chi connectivity index (χ2n) is 10.3. The van der Waals surface area contributed by atoms with Gasteiger partial charge >= 0.3 is 12.2 Å². The van der Waals surface area contributed by atoms with Crippen LogP contribution in [0.5, 0.6) is 0 Å². The molecule has 0 unspecified atom stereocenters. The van der Waals surface area contributed by atoms with E-state index in [9.17, 15) is 22.8 Å². The maximum absolute atomic E-state index is 13.7. The van der Waals surface area contributed by atoms with Gasteiger partial charge in [-0.1, -0.05) is 36.4 Å². The molecule has 4 aromatic rings. The number of rotatable bonds is 11. The van der Waals surface area contributed by atoms with Gasteiger partial charge in [-0.25, -0.2) is 4.79 Å². The van der Waals surface area contributed by atoms with E-state index >= 15 is 0 Å². The first-order valence-corrected chi connectivity index (χ1v) is 13.7. The summed E-state index contributed by atoms with van der Waals surface area (Å²) in [4.78, 5) is 33.1. The summed E-state index contributed by atoms with van der Waals surface area (Å²) >= 11 is 0. The van der Waals surface area contributed by atoms with Crippen molar-refractivity contribution in [3.63, 3.8) is 0 Å². The second-order valence-corrected chi connectivity index (χ2v) is 10.3. The number of urea groups is 1. The quantitative estimate of drug-likeness (QED) is 0.211. The summed E-state index contributed by atoms with van der Waals surface area (Å²) < 4.78 is 44.5. The number of carbonyl (C=O) groups is 2. The number of hydrogen-bond donors (Lipinski definition) is 2. The van der Waals surface area contributed by atoms with Crippen molar-refractivity contribution in [3.05, 3.63) is 101 Å². The van der Waals surface area contributed by atoms with E-state index in [-0.39, 0.29) is 32.1 Å². The van der Waals surface area contributed by atoms with Gasteiger partial charge in [0.25, 0.3) is 0 Å². The molecule has 0 saturated heterocycles. The van der Waals surface area contributed by atoms with Crippen molar-refractivity contribution in [1.82, 2.24) is 14.8 Å². The molecule has 0 aliphatic rings. The second kappa shape index (κ2) is 13.6. The van der Waals surface area contributed by atoms with E-state index in [4.69, 9.17) is 4.74 Å². The average molecular weight is 581 g/mol. The van der Waals surface area contributed by atoms with Crippen molar-refractivity contribution < 1.29 is 27.5 Å². The third-order valence-electron chi connectivity index (χ3n) is 7.27. The van der Waals surface area contributed by atoms with Crippen LogP contribution < -0.4 is 5.32 Å². The van der Waals surface area contributed by atoms with Gasteiger partial charge in [-0.15, -0.1) is 0 Å². The van der Waals surface area contributed by atoms with Gasteiger partial charge in [0.2, 0.25) is 5.91 Å². The highest BCUT2D eigenvalue weighted by Gasteiger charge is 2.30. The highest BCUT2D eigenvalue weighted by molar-refractivity contribution is 5.92. The molecular formula is C32H35F3N4O3. The summed E-state index contributed by atoms with van der Waals surface area (Å²) in [5, 5.41) is 3.89. The maximum Gasteiger partial charge on any atom is 0.416 e. The van der Waals surface area contributed by atoms with E-state index in [0.29, 0.717) is 24.2 Å². The fourth-order valence-corrected chi connectivity index (χ4v) is 4.64. The molecule has 0 radical (unpaired) electrons. The largest absolute Gasteiger partial charge is 0.416 e. The Bertz CT molecular complexity index is 1520. The zero-order chi connectivity index (χ0) is 30.3. The number of carbonyl (C=O) groups excluding carboxylic acids is 2. The summed E-state index contributed by atoms with van der Waals surface area (Å²) in [5.74, 6) is -0.332. The van der Waals surface area contributed by atoms with E-state index in [1.807, 2.05) is 56.4 Å². The SMILES string of the molecule is COCCN(CC(=O)N(CCc1c[nH]c2ccccc12)Cc1ccc(C(F)(F)F)cc1)C(=O)Nc1ccc(C)c(C)c1. The number of amides is 3. The molecule has 1 heterocycles. The Balaban J connectivity index is 1.53. The minimum atomic E-state index is -4.45. The third-order valence-corrected chi connectivity index (χ3v) is 7.27. The molecule has 1 aromatic heterocycles. The van der Waals surface area contributed by atoms with Gasteiger partial charge in [0.1, 0.15) is 6.54 Å². The summed E-state index contributed by atoms with van der Waals surface area (Å²) in [6.07, 6.45) is -2.04. The molecule has 222 valence electrons. The Kier molecular flexibility index (Phi) is 9.90. The van der Waals surface area contributed by atoms with E-state index in [1.165, 1.54) is 24.1 Å². The van der Waals surface area contributed by atoms with Gasteiger partial charge in [-0.05, 0) is 72.9 Å².